The normalized spacial score (nSPS) is 20.1. The first-order valence-electron chi connectivity index (χ1n) is 5.19. The molecule has 76 valence electrons. The summed E-state index contributed by atoms with van der Waals surface area (Å²) in [6.07, 6.45) is 1.03. The Labute approximate surface area is 85.0 Å². The Kier molecular flexibility index (Phi) is 2.46. The molecule has 0 aliphatic carbocycles. The number of aryl methyl sites for hydroxylation is 1. The summed E-state index contributed by atoms with van der Waals surface area (Å²) < 4.78 is 0. The quantitative estimate of drug-likeness (QED) is 0.713. The van der Waals surface area contributed by atoms with E-state index in [2.05, 4.69) is 31.3 Å². The lowest BCUT2D eigenvalue weighted by atomic mass is 9.88. The third-order valence-electron chi connectivity index (χ3n) is 3.22. The highest BCUT2D eigenvalue weighted by molar-refractivity contribution is 5.62. The molecule has 1 aliphatic heterocycles. The van der Waals surface area contributed by atoms with Crippen LogP contribution < -0.4 is 5.32 Å². The maximum atomic E-state index is 9.27. The molecule has 14 heavy (non-hydrogen) atoms. The molecule has 0 aromatic heterocycles. The van der Waals surface area contributed by atoms with E-state index in [-0.39, 0.29) is 6.61 Å². The van der Waals surface area contributed by atoms with Crippen LogP contribution in [0.4, 0.5) is 5.69 Å². The SMILES string of the molecule is Cc1ccc2c(c1C)NCCC2CO. The van der Waals surface area contributed by atoms with Crippen LogP contribution in [0.2, 0.25) is 0 Å². The lowest BCUT2D eigenvalue weighted by molar-refractivity contribution is 0.259. The van der Waals surface area contributed by atoms with Crippen molar-refractivity contribution < 1.29 is 5.11 Å². The van der Waals surface area contributed by atoms with Crippen LogP contribution >= 0.6 is 0 Å². The molecule has 2 N–H and O–H groups in total. The fourth-order valence-corrected chi connectivity index (χ4v) is 2.13. The summed E-state index contributed by atoms with van der Waals surface area (Å²) in [5, 5.41) is 12.7. The van der Waals surface area contributed by atoms with E-state index in [1.807, 2.05) is 0 Å². The van der Waals surface area contributed by atoms with Gasteiger partial charge in [0.1, 0.15) is 0 Å². The minimum absolute atomic E-state index is 0.261. The molecular formula is C12H17NO. The second-order valence-electron chi connectivity index (χ2n) is 4.07. The van der Waals surface area contributed by atoms with Crippen molar-refractivity contribution in [2.75, 3.05) is 18.5 Å². The summed E-state index contributed by atoms with van der Waals surface area (Å²) in [4.78, 5) is 0. The van der Waals surface area contributed by atoms with E-state index in [0.29, 0.717) is 5.92 Å². The van der Waals surface area contributed by atoms with Crippen LogP contribution in [-0.2, 0) is 0 Å². The average molecular weight is 191 g/mol. The Morgan fingerprint density at radius 3 is 2.93 bits per heavy atom. The van der Waals surface area contributed by atoms with Gasteiger partial charge in [-0.1, -0.05) is 12.1 Å². The van der Waals surface area contributed by atoms with Crippen LogP contribution in [0.5, 0.6) is 0 Å². The van der Waals surface area contributed by atoms with E-state index in [1.54, 1.807) is 0 Å². The molecule has 0 bridgehead atoms. The molecule has 0 radical (unpaired) electrons. The van der Waals surface area contributed by atoms with Crippen molar-refractivity contribution in [3.63, 3.8) is 0 Å². The summed E-state index contributed by atoms with van der Waals surface area (Å²) >= 11 is 0. The molecule has 1 aromatic rings. The Hall–Kier alpha value is -1.02. The third-order valence-corrected chi connectivity index (χ3v) is 3.22. The van der Waals surface area contributed by atoms with E-state index in [0.717, 1.165) is 13.0 Å². The Morgan fingerprint density at radius 1 is 1.43 bits per heavy atom. The van der Waals surface area contributed by atoms with Gasteiger partial charge in [0.15, 0.2) is 0 Å². The van der Waals surface area contributed by atoms with Crippen molar-refractivity contribution in [1.29, 1.82) is 0 Å². The van der Waals surface area contributed by atoms with Crippen LogP contribution in [0.25, 0.3) is 0 Å². The summed E-state index contributed by atoms with van der Waals surface area (Å²) in [7, 11) is 0. The number of nitrogens with one attached hydrogen (secondary N) is 1. The van der Waals surface area contributed by atoms with Crippen molar-refractivity contribution >= 4 is 5.69 Å². The Morgan fingerprint density at radius 2 is 2.21 bits per heavy atom. The van der Waals surface area contributed by atoms with Crippen LogP contribution in [-0.4, -0.2) is 18.3 Å². The number of hydrogen-bond acceptors (Lipinski definition) is 2. The summed E-state index contributed by atoms with van der Waals surface area (Å²) in [5.74, 6) is 0.325. The van der Waals surface area contributed by atoms with Gasteiger partial charge in [-0.2, -0.15) is 0 Å². The maximum Gasteiger partial charge on any atom is 0.0501 e. The summed E-state index contributed by atoms with van der Waals surface area (Å²) in [6, 6.07) is 4.29. The van der Waals surface area contributed by atoms with Crippen LogP contribution in [0.3, 0.4) is 0 Å². The van der Waals surface area contributed by atoms with Crippen molar-refractivity contribution in [3.8, 4) is 0 Å². The number of aliphatic hydroxyl groups is 1. The molecule has 0 saturated heterocycles. The smallest absolute Gasteiger partial charge is 0.0501 e. The van der Waals surface area contributed by atoms with Gasteiger partial charge in [0.2, 0.25) is 0 Å². The molecule has 1 aliphatic rings. The zero-order valence-corrected chi connectivity index (χ0v) is 8.80. The van der Waals surface area contributed by atoms with Crippen molar-refractivity contribution in [2.24, 2.45) is 0 Å². The highest BCUT2D eigenvalue weighted by Crippen LogP contribution is 2.34. The van der Waals surface area contributed by atoms with Crippen LogP contribution in [0.1, 0.15) is 29.0 Å². The molecule has 1 heterocycles. The second-order valence-corrected chi connectivity index (χ2v) is 4.07. The molecule has 0 amide bonds. The van der Waals surface area contributed by atoms with Crippen LogP contribution in [0.15, 0.2) is 12.1 Å². The highest BCUT2D eigenvalue weighted by atomic mass is 16.3. The van der Waals surface area contributed by atoms with Gasteiger partial charge in [0.05, 0.1) is 6.61 Å². The molecule has 0 spiro atoms. The van der Waals surface area contributed by atoms with Crippen LogP contribution in [0, 0.1) is 13.8 Å². The standard InChI is InChI=1S/C12H17NO/c1-8-3-4-11-10(7-14)5-6-13-12(11)9(8)2/h3-4,10,13-14H,5-7H2,1-2H3. The fraction of sp³-hybridized carbons (Fsp3) is 0.500. The zero-order valence-electron chi connectivity index (χ0n) is 8.80. The second kappa shape index (κ2) is 3.62. The number of aliphatic hydroxyl groups excluding tert-OH is 1. The van der Waals surface area contributed by atoms with Gasteiger partial charge in [-0.25, -0.2) is 0 Å². The van der Waals surface area contributed by atoms with Gasteiger partial charge >= 0.3 is 0 Å². The number of anilines is 1. The molecule has 2 nitrogen and oxygen atoms in total. The molecule has 2 rings (SSSR count). The fourth-order valence-electron chi connectivity index (χ4n) is 2.13. The van der Waals surface area contributed by atoms with E-state index in [1.165, 1.54) is 22.4 Å². The highest BCUT2D eigenvalue weighted by Gasteiger charge is 2.20. The van der Waals surface area contributed by atoms with E-state index < -0.39 is 0 Å². The van der Waals surface area contributed by atoms with Gasteiger partial charge in [0, 0.05) is 18.2 Å². The average Bonchev–Trinajstić information content (AvgIpc) is 2.23. The van der Waals surface area contributed by atoms with Gasteiger partial charge < -0.3 is 10.4 Å². The first kappa shape index (κ1) is 9.53. The van der Waals surface area contributed by atoms with E-state index >= 15 is 0 Å². The monoisotopic (exact) mass is 191 g/mol. The summed E-state index contributed by atoms with van der Waals surface area (Å²) in [5.41, 5.74) is 5.16. The van der Waals surface area contributed by atoms with Gasteiger partial charge in [0.25, 0.3) is 0 Å². The minimum Gasteiger partial charge on any atom is -0.396 e. The van der Waals surface area contributed by atoms with Gasteiger partial charge in [-0.3, -0.25) is 0 Å². The topological polar surface area (TPSA) is 32.3 Å². The lowest BCUT2D eigenvalue weighted by Crippen LogP contribution is -2.20. The zero-order chi connectivity index (χ0) is 10.1. The molecule has 1 atom stereocenters. The molecule has 1 aromatic carbocycles. The summed E-state index contributed by atoms with van der Waals surface area (Å²) in [6.45, 7) is 5.50. The third kappa shape index (κ3) is 1.40. The number of benzene rings is 1. The number of hydrogen-bond donors (Lipinski definition) is 2. The molecule has 2 heteroatoms. The van der Waals surface area contributed by atoms with Gasteiger partial charge in [-0.15, -0.1) is 0 Å². The Balaban J connectivity index is 2.50. The first-order valence-corrected chi connectivity index (χ1v) is 5.19. The maximum absolute atomic E-state index is 9.27. The van der Waals surface area contributed by atoms with Gasteiger partial charge in [-0.05, 0) is 37.0 Å². The lowest BCUT2D eigenvalue weighted by Gasteiger charge is -2.27. The molecule has 0 saturated carbocycles. The first-order chi connectivity index (χ1) is 6.74. The Bertz CT molecular complexity index is 346. The number of fused-ring (bicyclic) bond motifs is 1. The number of rotatable bonds is 1. The minimum atomic E-state index is 0.261. The van der Waals surface area contributed by atoms with Crippen molar-refractivity contribution in [2.45, 2.75) is 26.2 Å². The predicted molar refractivity (Wildman–Crippen MR) is 58.8 cm³/mol. The molecular weight excluding hydrogens is 174 g/mol. The van der Waals surface area contributed by atoms with E-state index in [9.17, 15) is 5.11 Å². The molecule has 1 unspecified atom stereocenters. The van der Waals surface area contributed by atoms with Crippen molar-refractivity contribution in [1.82, 2.24) is 0 Å². The largest absolute Gasteiger partial charge is 0.396 e. The van der Waals surface area contributed by atoms with Crippen molar-refractivity contribution in [3.05, 3.63) is 28.8 Å². The predicted octanol–water partition coefficient (Wildman–Crippen LogP) is 2.19. The molecule has 0 fully saturated rings. The van der Waals surface area contributed by atoms with E-state index in [4.69, 9.17) is 0 Å².